The van der Waals surface area contributed by atoms with Gasteiger partial charge < -0.3 is 10.1 Å². The van der Waals surface area contributed by atoms with Crippen molar-refractivity contribution in [2.24, 2.45) is 0 Å². The van der Waals surface area contributed by atoms with Gasteiger partial charge in [-0.05, 0) is 42.3 Å². The van der Waals surface area contributed by atoms with Crippen LogP contribution in [0.25, 0.3) is 0 Å². The fourth-order valence-electron chi connectivity index (χ4n) is 1.93. The Kier molecular flexibility index (Phi) is 4.52. The first-order valence-corrected chi connectivity index (χ1v) is 6.38. The summed E-state index contributed by atoms with van der Waals surface area (Å²) in [5.74, 6) is -1.69. The van der Waals surface area contributed by atoms with Gasteiger partial charge in [0.15, 0.2) is 0 Å². The fraction of sp³-hybridized carbons (Fsp3) is 0.188. The highest BCUT2D eigenvalue weighted by atomic mass is 19.1. The van der Waals surface area contributed by atoms with Crippen LogP contribution in [0.3, 0.4) is 0 Å². The molecule has 0 spiro atoms. The predicted molar refractivity (Wildman–Crippen MR) is 76.2 cm³/mol. The maximum atomic E-state index is 13.8. The Morgan fingerprint density at radius 1 is 1.19 bits per heavy atom. The largest absolute Gasteiger partial charge is 0.465 e. The average molecular weight is 291 g/mol. The van der Waals surface area contributed by atoms with E-state index in [4.69, 9.17) is 0 Å². The van der Waals surface area contributed by atoms with Crippen LogP contribution >= 0.6 is 0 Å². The molecule has 0 saturated heterocycles. The van der Waals surface area contributed by atoms with Crippen molar-refractivity contribution in [3.05, 3.63) is 64.7 Å². The Balaban J connectivity index is 2.12. The van der Waals surface area contributed by atoms with Crippen molar-refractivity contribution in [3.63, 3.8) is 0 Å². The van der Waals surface area contributed by atoms with Gasteiger partial charge >= 0.3 is 5.97 Å². The molecule has 110 valence electrons. The molecule has 2 aromatic carbocycles. The van der Waals surface area contributed by atoms with Crippen molar-refractivity contribution < 1.29 is 18.3 Å². The zero-order valence-corrected chi connectivity index (χ0v) is 11.7. The first-order valence-electron chi connectivity index (χ1n) is 6.38. The third-order valence-corrected chi connectivity index (χ3v) is 3.12. The smallest absolute Gasteiger partial charge is 0.340 e. The zero-order valence-electron chi connectivity index (χ0n) is 11.7. The minimum Gasteiger partial charge on any atom is -0.465 e. The molecule has 0 radical (unpaired) electrons. The lowest BCUT2D eigenvalue weighted by atomic mass is 10.1. The van der Waals surface area contributed by atoms with Gasteiger partial charge in [-0.3, -0.25) is 0 Å². The van der Waals surface area contributed by atoms with E-state index in [0.717, 1.165) is 5.56 Å². The normalized spacial score (nSPS) is 10.3. The minimum atomic E-state index is -0.715. The number of benzene rings is 2. The van der Waals surface area contributed by atoms with Crippen LogP contribution in [0.2, 0.25) is 0 Å². The van der Waals surface area contributed by atoms with E-state index in [2.05, 4.69) is 10.1 Å². The molecule has 0 bridgehead atoms. The van der Waals surface area contributed by atoms with E-state index in [-0.39, 0.29) is 11.4 Å². The number of carbonyl (C=O) groups excluding carboxylic acids is 1. The summed E-state index contributed by atoms with van der Waals surface area (Å²) >= 11 is 0. The zero-order chi connectivity index (χ0) is 15.4. The number of aryl methyl sites for hydroxylation is 1. The number of hydrogen-bond acceptors (Lipinski definition) is 3. The molecular weight excluding hydrogens is 276 g/mol. The molecule has 21 heavy (non-hydrogen) atoms. The quantitative estimate of drug-likeness (QED) is 0.873. The van der Waals surface area contributed by atoms with Crippen LogP contribution in [0.15, 0.2) is 36.4 Å². The Morgan fingerprint density at radius 3 is 2.62 bits per heavy atom. The van der Waals surface area contributed by atoms with Gasteiger partial charge in [0.25, 0.3) is 0 Å². The van der Waals surface area contributed by atoms with Crippen LogP contribution < -0.4 is 5.32 Å². The molecule has 1 N–H and O–H groups in total. The van der Waals surface area contributed by atoms with Crippen molar-refractivity contribution in [3.8, 4) is 0 Å². The van der Waals surface area contributed by atoms with E-state index in [9.17, 15) is 13.6 Å². The monoisotopic (exact) mass is 291 g/mol. The van der Waals surface area contributed by atoms with Gasteiger partial charge in [-0.15, -0.1) is 0 Å². The van der Waals surface area contributed by atoms with Crippen molar-refractivity contribution in [1.82, 2.24) is 0 Å². The first-order chi connectivity index (χ1) is 10.0. The number of nitrogens with one attached hydrogen (secondary N) is 1. The second-order valence-corrected chi connectivity index (χ2v) is 4.62. The number of anilines is 1. The van der Waals surface area contributed by atoms with E-state index in [1.807, 2.05) is 6.92 Å². The molecule has 0 aromatic heterocycles. The summed E-state index contributed by atoms with van der Waals surface area (Å²) in [5, 5.41) is 3.04. The minimum absolute atomic E-state index is 0.108. The molecule has 0 aliphatic rings. The van der Waals surface area contributed by atoms with Gasteiger partial charge in [-0.1, -0.05) is 12.1 Å². The predicted octanol–water partition coefficient (Wildman–Crippen LogP) is 3.67. The molecule has 0 aliphatic heterocycles. The van der Waals surface area contributed by atoms with Crippen LogP contribution in [-0.4, -0.2) is 13.1 Å². The molecular formula is C16H15F2NO2. The SMILES string of the molecule is COC(=O)c1ccc(CNc2cc(F)ccc2C)cc1F. The molecule has 2 aromatic rings. The molecule has 0 saturated carbocycles. The lowest BCUT2D eigenvalue weighted by Crippen LogP contribution is -2.07. The first kappa shape index (κ1) is 15.0. The molecule has 0 fully saturated rings. The number of esters is 1. The number of methoxy groups -OCH3 is 1. The van der Waals surface area contributed by atoms with Crippen LogP contribution in [-0.2, 0) is 11.3 Å². The van der Waals surface area contributed by atoms with Gasteiger partial charge in [0.2, 0.25) is 0 Å². The summed E-state index contributed by atoms with van der Waals surface area (Å²) in [7, 11) is 1.20. The Morgan fingerprint density at radius 2 is 1.95 bits per heavy atom. The molecule has 0 aliphatic carbocycles. The molecule has 0 amide bonds. The molecule has 0 unspecified atom stereocenters. The van der Waals surface area contributed by atoms with Gasteiger partial charge in [-0.25, -0.2) is 13.6 Å². The molecule has 2 rings (SSSR count). The summed E-state index contributed by atoms with van der Waals surface area (Å²) in [6.07, 6.45) is 0. The average Bonchev–Trinajstić information content (AvgIpc) is 2.47. The van der Waals surface area contributed by atoms with Crippen molar-refractivity contribution in [2.75, 3.05) is 12.4 Å². The molecule has 0 heterocycles. The number of halogens is 2. The highest BCUT2D eigenvalue weighted by molar-refractivity contribution is 5.89. The van der Waals surface area contributed by atoms with Crippen molar-refractivity contribution in [1.29, 1.82) is 0 Å². The fourth-order valence-corrected chi connectivity index (χ4v) is 1.93. The van der Waals surface area contributed by atoms with Crippen LogP contribution in [0, 0.1) is 18.6 Å². The van der Waals surface area contributed by atoms with Gasteiger partial charge in [0, 0.05) is 12.2 Å². The van der Waals surface area contributed by atoms with Crippen molar-refractivity contribution in [2.45, 2.75) is 13.5 Å². The van der Waals surface area contributed by atoms with E-state index in [0.29, 0.717) is 17.8 Å². The summed E-state index contributed by atoms with van der Waals surface area (Å²) in [5.41, 5.74) is 2.07. The number of carbonyl (C=O) groups is 1. The molecule has 0 atom stereocenters. The second kappa shape index (κ2) is 6.35. The molecule has 3 nitrogen and oxygen atoms in total. The van der Waals surface area contributed by atoms with E-state index in [1.165, 1.54) is 31.4 Å². The van der Waals surface area contributed by atoms with E-state index in [1.54, 1.807) is 12.1 Å². The van der Waals surface area contributed by atoms with Crippen LogP contribution in [0.5, 0.6) is 0 Å². The highest BCUT2D eigenvalue weighted by Gasteiger charge is 2.12. The number of ether oxygens (including phenoxy) is 1. The van der Waals surface area contributed by atoms with E-state index >= 15 is 0 Å². The Bertz CT molecular complexity index is 671. The summed E-state index contributed by atoms with van der Waals surface area (Å²) in [4.78, 5) is 11.3. The lowest BCUT2D eigenvalue weighted by molar-refractivity contribution is 0.0595. The number of hydrogen-bond donors (Lipinski definition) is 1. The third-order valence-electron chi connectivity index (χ3n) is 3.12. The van der Waals surface area contributed by atoms with Crippen LogP contribution in [0.4, 0.5) is 14.5 Å². The van der Waals surface area contributed by atoms with Gasteiger partial charge in [-0.2, -0.15) is 0 Å². The summed E-state index contributed by atoms with van der Waals surface area (Å²) < 4.78 is 31.4. The Labute approximate surface area is 121 Å². The summed E-state index contributed by atoms with van der Waals surface area (Å²) in [6.45, 7) is 2.17. The highest BCUT2D eigenvalue weighted by Crippen LogP contribution is 2.18. The number of rotatable bonds is 4. The lowest BCUT2D eigenvalue weighted by Gasteiger charge is -2.10. The standard InChI is InChI=1S/C16H15F2NO2/c1-10-3-5-12(17)8-15(10)19-9-11-4-6-13(14(18)7-11)16(20)21-2/h3-8,19H,9H2,1-2H3. The Hall–Kier alpha value is -2.43. The maximum Gasteiger partial charge on any atom is 0.340 e. The third kappa shape index (κ3) is 3.56. The topological polar surface area (TPSA) is 38.3 Å². The van der Waals surface area contributed by atoms with Gasteiger partial charge in [0.05, 0.1) is 12.7 Å². The molecule has 5 heteroatoms. The van der Waals surface area contributed by atoms with E-state index < -0.39 is 11.8 Å². The van der Waals surface area contributed by atoms with Gasteiger partial charge in [0.1, 0.15) is 11.6 Å². The second-order valence-electron chi connectivity index (χ2n) is 4.62. The maximum absolute atomic E-state index is 13.8. The summed E-state index contributed by atoms with van der Waals surface area (Å²) in [6, 6.07) is 8.68. The van der Waals surface area contributed by atoms with Crippen molar-refractivity contribution >= 4 is 11.7 Å². The van der Waals surface area contributed by atoms with Crippen LogP contribution in [0.1, 0.15) is 21.5 Å².